The van der Waals surface area contributed by atoms with Crippen molar-refractivity contribution in [2.75, 3.05) is 6.61 Å². The van der Waals surface area contributed by atoms with E-state index in [2.05, 4.69) is 34.6 Å². The lowest BCUT2D eigenvalue weighted by Crippen LogP contribution is -2.28. The first kappa shape index (κ1) is 17.3. The molecule has 0 aliphatic rings. The molecule has 5 heteroatoms. The first-order valence-electron chi connectivity index (χ1n) is 8.61. The number of ether oxygens (including phenoxy) is 1. The Kier molecular flexibility index (Phi) is 4.90. The van der Waals surface area contributed by atoms with Crippen molar-refractivity contribution in [1.82, 2.24) is 10.3 Å². The number of rotatable bonds is 5. The highest BCUT2D eigenvalue weighted by molar-refractivity contribution is 6.35. The Hall–Kier alpha value is -3.11. The maximum atomic E-state index is 12.2. The molecule has 0 aliphatic carbocycles. The van der Waals surface area contributed by atoms with Gasteiger partial charge in [-0.1, -0.05) is 48.0 Å². The van der Waals surface area contributed by atoms with Crippen LogP contribution in [0.2, 0.25) is 5.02 Å². The van der Waals surface area contributed by atoms with Gasteiger partial charge < -0.3 is 10.1 Å². The van der Waals surface area contributed by atoms with Gasteiger partial charge in [-0.05, 0) is 46.7 Å². The van der Waals surface area contributed by atoms with Crippen LogP contribution in [0.1, 0.15) is 5.56 Å². The lowest BCUT2D eigenvalue weighted by molar-refractivity contribution is -0.123. The number of fused-ring (bicyclic) bond motifs is 2. The minimum atomic E-state index is -0.192. The average molecular weight is 377 g/mol. The maximum absolute atomic E-state index is 12.2. The third-order valence-electron chi connectivity index (χ3n) is 4.34. The third kappa shape index (κ3) is 3.86. The van der Waals surface area contributed by atoms with Crippen molar-refractivity contribution in [1.29, 1.82) is 0 Å². The molecule has 1 N–H and O–H groups in total. The van der Waals surface area contributed by atoms with Crippen molar-refractivity contribution in [3.63, 3.8) is 0 Å². The van der Waals surface area contributed by atoms with E-state index in [1.807, 2.05) is 30.3 Å². The Morgan fingerprint density at radius 3 is 2.74 bits per heavy atom. The number of halogens is 1. The zero-order valence-corrected chi connectivity index (χ0v) is 15.2. The van der Waals surface area contributed by atoms with Crippen LogP contribution in [0.5, 0.6) is 5.75 Å². The highest BCUT2D eigenvalue weighted by Crippen LogP contribution is 2.29. The fourth-order valence-corrected chi connectivity index (χ4v) is 3.19. The Morgan fingerprint density at radius 1 is 1.00 bits per heavy atom. The standard InChI is InChI=1S/C22H17ClN2O2/c23-19-9-10-20(22-18(19)6-3-11-24-22)27-14-21(26)25-13-15-7-8-16-4-1-2-5-17(16)12-15/h1-12H,13-14H2,(H,25,26). The molecule has 4 rings (SSSR count). The van der Waals surface area contributed by atoms with Crippen LogP contribution in [-0.4, -0.2) is 17.5 Å². The van der Waals surface area contributed by atoms with E-state index < -0.39 is 0 Å². The molecule has 0 spiro atoms. The summed E-state index contributed by atoms with van der Waals surface area (Å²) in [5.41, 5.74) is 1.69. The number of carbonyl (C=O) groups is 1. The van der Waals surface area contributed by atoms with Crippen LogP contribution in [0, 0.1) is 0 Å². The maximum Gasteiger partial charge on any atom is 0.258 e. The van der Waals surface area contributed by atoms with Gasteiger partial charge in [-0.15, -0.1) is 0 Å². The van der Waals surface area contributed by atoms with Gasteiger partial charge in [0.2, 0.25) is 0 Å². The molecule has 0 fully saturated rings. The van der Waals surface area contributed by atoms with Gasteiger partial charge in [0.25, 0.3) is 5.91 Å². The number of benzene rings is 3. The summed E-state index contributed by atoms with van der Waals surface area (Å²) < 4.78 is 5.66. The van der Waals surface area contributed by atoms with E-state index in [9.17, 15) is 4.79 Å². The van der Waals surface area contributed by atoms with Gasteiger partial charge in [0.15, 0.2) is 6.61 Å². The number of hydrogen-bond acceptors (Lipinski definition) is 3. The number of carbonyl (C=O) groups excluding carboxylic acids is 1. The first-order chi connectivity index (χ1) is 13.2. The topological polar surface area (TPSA) is 51.2 Å². The van der Waals surface area contributed by atoms with Crippen LogP contribution in [0.4, 0.5) is 0 Å². The quantitative estimate of drug-likeness (QED) is 0.547. The first-order valence-corrected chi connectivity index (χ1v) is 8.99. The van der Waals surface area contributed by atoms with Crippen molar-refractivity contribution in [2.45, 2.75) is 6.54 Å². The van der Waals surface area contributed by atoms with Gasteiger partial charge in [0.1, 0.15) is 11.3 Å². The van der Waals surface area contributed by atoms with E-state index in [0.29, 0.717) is 22.8 Å². The minimum absolute atomic E-state index is 0.0825. The third-order valence-corrected chi connectivity index (χ3v) is 4.67. The van der Waals surface area contributed by atoms with Crippen molar-refractivity contribution in [3.05, 3.63) is 83.5 Å². The molecule has 0 bridgehead atoms. The van der Waals surface area contributed by atoms with E-state index in [0.717, 1.165) is 16.3 Å². The largest absolute Gasteiger partial charge is 0.481 e. The summed E-state index contributed by atoms with van der Waals surface area (Å²) >= 11 is 6.18. The molecule has 134 valence electrons. The predicted octanol–water partition coefficient (Wildman–Crippen LogP) is 4.74. The normalized spacial score (nSPS) is 10.9. The molecule has 27 heavy (non-hydrogen) atoms. The van der Waals surface area contributed by atoms with E-state index in [-0.39, 0.29) is 12.5 Å². The Labute approximate surface area is 161 Å². The Morgan fingerprint density at radius 2 is 1.85 bits per heavy atom. The van der Waals surface area contributed by atoms with Gasteiger partial charge in [-0.2, -0.15) is 0 Å². The van der Waals surface area contributed by atoms with Crippen LogP contribution in [-0.2, 0) is 11.3 Å². The van der Waals surface area contributed by atoms with Crippen LogP contribution in [0.15, 0.2) is 72.9 Å². The second kappa shape index (κ2) is 7.64. The van der Waals surface area contributed by atoms with Crippen molar-refractivity contribution < 1.29 is 9.53 Å². The number of amides is 1. The van der Waals surface area contributed by atoms with Crippen molar-refractivity contribution >= 4 is 39.2 Å². The molecule has 0 unspecified atom stereocenters. The summed E-state index contributed by atoms with van der Waals surface area (Å²) in [5.74, 6) is 0.345. The molecule has 1 heterocycles. The summed E-state index contributed by atoms with van der Waals surface area (Å²) in [6, 6.07) is 21.4. The van der Waals surface area contributed by atoms with E-state index in [4.69, 9.17) is 16.3 Å². The van der Waals surface area contributed by atoms with Crippen molar-refractivity contribution in [3.8, 4) is 5.75 Å². The molecule has 0 aliphatic heterocycles. The zero-order chi connectivity index (χ0) is 18.6. The minimum Gasteiger partial charge on any atom is -0.481 e. The van der Waals surface area contributed by atoms with E-state index >= 15 is 0 Å². The van der Waals surface area contributed by atoms with Gasteiger partial charge in [-0.25, -0.2) is 0 Å². The lowest BCUT2D eigenvalue weighted by Gasteiger charge is -2.10. The molecule has 0 radical (unpaired) electrons. The van der Waals surface area contributed by atoms with Crippen LogP contribution < -0.4 is 10.1 Å². The van der Waals surface area contributed by atoms with E-state index in [1.165, 1.54) is 5.39 Å². The van der Waals surface area contributed by atoms with Gasteiger partial charge >= 0.3 is 0 Å². The van der Waals surface area contributed by atoms with Gasteiger partial charge in [-0.3, -0.25) is 9.78 Å². The molecule has 1 aromatic heterocycles. The fraction of sp³-hybridized carbons (Fsp3) is 0.0909. The smallest absolute Gasteiger partial charge is 0.258 e. The summed E-state index contributed by atoms with van der Waals surface area (Å²) in [6.07, 6.45) is 1.67. The molecule has 0 atom stereocenters. The highest BCUT2D eigenvalue weighted by atomic mass is 35.5. The van der Waals surface area contributed by atoms with Gasteiger partial charge in [0.05, 0.1) is 5.02 Å². The molecule has 4 aromatic rings. The summed E-state index contributed by atoms with van der Waals surface area (Å²) in [6.45, 7) is 0.369. The van der Waals surface area contributed by atoms with Crippen LogP contribution in [0.25, 0.3) is 21.7 Å². The average Bonchev–Trinajstić information content (AvgIpc) is 2.72. The zero-order valence-electron chi connectivity index (χ0n) is 14.5. The lowest BCUT2D eigenvalue weighted by atomic mass is 10.1. The summed E-state index contributed by atoms with van der Waals surface area (Å²) in [7, 11) is 0. The molecule has 1 amide bonds. The highest BCUT2D eigenvalue weighted by Gasteiger charge is 2.09. The number of pyridine rings is 1. The van der Waals surface area contributed by atoms with Gasteiger partial charge in [0, 0.05) is 18.1 Å². The number of aromatic nitrogens is 1. The molecular weight excluding hydrogens is 360 g/mol. The molecule has 0 saturated heterocycles. The fourth-order valence-electron chi connectivity index (χ4n) is 2.97. The van der Waals surface area contributed by atoms with Crippen LogP contribution >= 0.6 is 11.6 Å². The molecule has 0 saturated carbocycles. The molecular formula is C22H17ClN2O2. The second-order valence-corrected chi connectivity index (χ2v) is 6.60. The Balaban J connectivity index is 1.39. The van der Waals surface area contributed by atoms with Crippen LogP contribution in [0.3, 0.4) is 0 Å². The number of nitrogens with zero attached hydrogens (tertiary/aromatic N) is 1. The van der Waals surface area contributed by atoms with E-state index in [1.54, 1.807) is 18.3 Å². The SMILES string of the molecule is O=C(COc1ccc(Cl)c2cccnc12)NCc1ccc2ccccc2c1. The summed E-state index contributed by atoms with van der Waals surface area (Å²) in [5, 5.41) is 6.62. The number of nitrogens with one attached hydrogen (secondary N) is 1. The monoisotopic (exact) mass is 376 g/mol. The van der Waals surface area contributed by atoms with Crippen molar-refractivity contribution in [2.24, 2.45) is 0 Å². The Bertz CT molecular complexity index is 1130. The molecule has 4 nitrogen and oxygen atoms in total. The predicted molar refractivity (Wildman–Crippen MR) is 108 cm³/mol. The summed E-state index contributed by atoms with van der Waals surface area (Å²) in [4.78, 5) is 16.5. The number of hydrogen-bond donors (Lipinski definition) is 1. The second-order valence-electron chi connectivity index (χ2n) is 6.19. The molecule has 3 aromatic carbocycles.